The zero-order valence-electron chi connectivity index (χ0n) is 7.93. The highest BCUT2D eigenvalue weighted by Crippen LogP contribution is 2.01. The van der Waals surface area contributed by atoms with Crippen LogP contribution in [0.3, 0.4) is 0 Å². The first-order chi connectivity index (χ1) is 4.27. The summed E-state index contributed by atoms with van der Waals surface area (Å²) < 4.78 is 0. The molecular formula is C6H21BN2O2. The van der Waals surface area contributed by atoms with Gasteiger partial charge in [0.1, 0.15) is 0 Å². The Kier molecular flexibility index (Phi) is 19.6. The zero-order valence-corrected chi connectivity index (χ0v) is 7.93. The molecule has 0 atom stereocenters. The first-order valence-corrected chi connectivity index (χ1v) is 3.59. The predicted octanol–water partition coefficient (Wildman–Crippen LogP) is 0.528. The van der Waals surface area contributed by atoms with Crippen LogP contribution in [0.2, 0.25) is 6.32 Å². The molecule has 11 heavy (non-hydrogen) atoms. The lowest BCUT2D eigenvalue weighted by molar-refractivity contribution is -0.348. The molecule has 0 saturated heterocycles. The van der Waals surface area contributed by atoms with Crippen molar-refractivity contribution in [2.45, 2.75) is 38.9 Å². The van der Waals surface area contributed by atoms with Gasteiger partial charge in [-0.25, -0.2) is 0 Å². The van der Waals surface area contributed by atoms with Crippen molar-refractivity contribution in [2.75, 3.05) is 0 Å². The highest BCUT2D eigenvalue weighted by Gasteiger charge is 1.83. The van der Waals surface area contributed by atoms with Crippen LogP contribution in [0.5, 0.6) is 0 Å². The third-order valence-electron chi connectivity index (χ3n) is 1.29. The Morgan fingerprint density at radius 3 is 1.91 bits per heavy atom. The molecule has 0 unspecified atom stereocenters. The van der Waals surface area contributed by atoms with Crippen LogP contribution in [0.1, 0.15) is 32.6 Å². The van der Waals surface area contributed by atoms with Crippen molar-refractivity contribution in [1.29, 1.82) is 0 Å². The minimum Gasteiger partial charge on any atom is -0.893 e. The average Bonchev–Trinajstić information content (AvgIpc) is 1.80. The van der Waals surface area contributed by atoms with Crippen LogP contribution in [0.4, 0.5) is 0 Å². The molecule has 0 aromatic rings. The van der Waals surface area contributed by atoms with E-state index in [9.17, 15) is 10.0 Å². The molecule has 5 heteroatoms. The van der Waals surface area contributed by atoms with Gasteiger partial charge in [0.05, 0.1) is 0 Å². The fraction of sp³-hybridized carbons (Fsp3) is 1.00. The lowest BCUT2D eigenvalue weighted by Gasteiger charge is -2.25. The molecule has 0 aliphatic carbocycles. The van der Waals surface area contributed by atoms with Gasteiger partial charge in [0.2, 0.25) is 0 Å². The number of hydrogen-bond acceptors (Lipinski definition) is 2. The third-order valence-corrected chi connectivity index (χ3v) is 1.29. The van der Waals surface area contributed by atoms with Crippen molar-refractivity contribution in [2.24, 2.45) is 0 Å². The molecule has 0 bridgehead atoms. The maximum absolute atomic E-state index is 9.93. The van der Waals surface area contributed by atoms with E-state index >= 15 is 0 Å². The molecule has 0 amide bonds. The highest BCUT2D eigenvalue weighted by atomic mass is 16.4. The molecule has 0 aromatic heterocycles. The average molecular weight is 164 g/mol. The lowest BCUT2D eigenvalue weighted by Crippen LogP contribution is -2.44. The van der Waals surface area contributed by atoms with Crippen LogP contribution in [0, 0.1) is 0 Å². The summed E-state index contributed by atoms with van der Waals surface area (Å²) in [5, 5.41) is 19.9. The summed E-state index contributed by atoms with van der Waals surface area (Å²) in [7, 11) is -1.60. The zero-order chi connectivity index (χ0) is 7.11. The van der Waals surface area contributed by atoms with Crippen LogP contribution >= 0.6 is 0 Å². The van der Waals surface area contributed by atoms with Gasteiger partial charge in [-0.1, -0.05) is 32.6 Å². The van der Waals surface area contributed by atoms with E-state index < -0.39 is 7.12 Å². The summed E-state index contributed by atoms with van der Waals surface area (Å²) in [4.78, 5) is 0. The van der Waals surface area contributed by atoms with Gasteiger partial charge >= 0.3 is 0 Å². The van der Waals surface area contributed by atoms with Crippen molar-refractivity contribution in [1.82, 2.24) is 12.3 Å². The Hall–Kier alpha value is -0.0951. The summed E-state index contributed by atoms with van der Waals surface area (Å²) in [5.41, 5.74) is 0. The predicted molar refractivity (Wildman–Crippen MR) is 46.7 cm³/mol. The topological polar surface area (TPSA) is 119 Å². The Labute approximate surface area is 69.3 Å². The summed E-state index contributed by atoms with van der Waals surface area (Å²) in [6, 6.07) is 0. The standard InChI is InChI=1S/C6H13BO2.2H3N/c1-2-3-4-5-6-7(8)9;;/h2-6H2,1H3;2*1H3/q-2;;/p+2. The van der Waals surface area contributed by atoms with Crippen molar-refractivity contribution < 1.29 is 10.0 Å². The van der Waals surface area contributed by atoms with E-state index in [1.165, 1.54) is 0 Å². The van der Waals surface area contributed by atoms with Gasteiger partial charge in [0.15, 0.2) is 0 Å². The second kappa shape index (κ2) is 12.6. The van der Waals surface area contributed by atoms with Gasteiger partial charge < -0.3 is 22.3 Å². The maximum Gasteiger partial charge on any atom is -0.0536 e. The molecule has 0 radical (unpaired) electrons. The monoisotopic (exact) mass is 164 g/mol. The van der Waals surface area contributed by atoms with Crippen LogP contribution in [0.25, 0.3) is 0 Å². The third kappa shape index (κ3) is 17.8. The summed E-state index contributed by atoms with van der Waals surface area (Å²) in [5.74, 6) is 0. The summed E-state index contributed by atoms with van der Waals surface area (Å²) in [6.45, 7) is 2.10. The maximum atomic E-state index is 9.93. The van der Waals surface area contributed by atoms with Crippen molar-refractivity contribution in [3.63, 3.8) is 0 Å². The Balaban J connectivity index is -0.000000320. The smallest absolute Gasteiger partial charge is 0.0536 e. The summed E-state index contributed by atoms with van der Waals surface area (Å²) in [6.07, 6.45) is 4.46. The minimum absolute atomic E-state index is 0. The van der Waals surface area contributed by atoms with Crippen molar-refractivity contribution in [3.8, 4) is 0 Å². The molecule has 0 aromatic carbocycles. The molecule has 4 nitrogen and oxygen atoms in total. The number of quaternary nitrogens is 2. The lowest BCUT2D eigenvalue weighted by atomic mass is 9.83. The van der Waals surface area contributed by atoms with E-state index in [1.54, 1.807) is 0 Å². The van der Waals surface area contributed by atoms with Crippen LogP contribution in [-0.2, 0) is 0 Å². The normalized spacial score (nSPS) is 7.91. The quantitative estimate of drug-likeness (QED) is 0.455. The van der Waals surface area contributed by atoms with E-state index in [0.717, 1.165) is 25.7 Å². The second-order valence-corrected chi connectivity index (χ2v) is 2.28. The largest absolute Gasteiger partial charge is 0.893 e. The Morgan fingerprint density at radius 2 is 1.55 bits per heavy atom. The molecule has 0 rings (SSSR count). The molecule has 0 fully saturated rings. The molecule has 0 aliphatic heterocycles. The fourth-order valence-corrected chi connectivity index (χ4v) is 0.738. The second-order valence-electron chi connectivity index (χ2n) is 2.28. The van der Waals surface area contributed by atoms with Crippen LogP contribution in [-0.4, -0.2) is 7.12 Å². The molecule has 70 valence electrons. The summed E-state index contributed by atoms with van der Waals surface area (Å²) >= 11 is 0. The Morgan fingerprint density at radius 1 is 1.00 bits per heavy atom. The molecule has 0 saturated carbocycles. The van der Waals surface area contributed by atoms with Crippen molar-refractivity contribution in [3.05, 3.63) is 0 Å². The van der Waals surface area contributed by atoms with Gasteiger partial charge in [-0.3, -0.25) is 0 Å². The minimum atomic E-state index is -1.60. The molecule has 8 N–H and O–H groups in total. The van der Waals surface area contributed by atoms with Crippen LogP contribution in [0.15, 0.2) is 0 Å². The SMILES string of the molecule is CCCCCCB([O-])[O-].[NH4+].[NH4+]. The molecular weight excluding hydrogens is 143 g/mol. The van der Waals surface area contributed by atoms with E-state index in [2.05, 4.69) is 6.92 Å². The van der Waals surface area contributed by atoms with Crippen molar-refractivity contribution >= 4 is 7.12 Å². The molecule has 0 aliphatic rings. The number of unbranched alkanes of at least 4 members (excludes halogenated alkanes) is 3. The number of rotatable bonds is 5. The fourth-order valence-electron chi connectivity index (χ4n) is 0.738. The van der Waals surface area contributed by atoms with Crippen LogP contribution < -0.4 is 22.3 Å². The first kappa shape index (κ1) is 17.1. The van der Waals surface area contributed by atoms with Gasteiger partial charge in [0, 0.05) is 0 Å². The van der Waals surface area contributed by atoms with Gasteiger partial charge in [0.25, 0.3) is 0 Å². The molecule has 0 heterocycles. The van der Waals surface area contributed by atoms with Gasteiger partial charge in [-0.2, -0.15) is 0 Å². The van der Waals surface area contributed by atoms with Gasteiger partial charge in [-0.05, 0) is 0 Å². The number of hydrogen-bond donors (Lipinski definition) is 2. The highest BCUT2D eigenvalue weighted by molar-refractivity contribution is 6.36. The first-order valence-electron chi connectivity index (χ1n) is 3.59. The van der Waals surface area contributed by atoms with E-state index in [1.807, 2.05) is 0 Å². The molecule has 0 spiro atoms. The van der Waals surface area contributed by atoms with Gasteiger partial charge in [-0.15, -0.1) is 13.4 Å². The Bertz CT molecular complexity index is 64.5. The van der Waals surface area contributed by atoms with E-state index in [0.29, 0.717) is 6.32 Å². The van der Waals surface area contributed by atoms with E-state index in [-0.39, 0.29) is 12.3 Å². The van der Waals surface area contributed by atoms with E-state index in [4.69, 9.17) is 0 Å².